The zero-order valence-electron chi connectivity index (χ0n) is 15.4. The molecule has 7 nitrogen and oxygen atoms in total. The van der Waals surface area contributed by atoms with Crippen molar-refractivity contribution in [1.82, 2.24) is 5.32 Å². The van der Waals surface area contributed by atoms with Crippen LogP contribution in [0.15, 0.2) is 24.3 Å². The van der Waals surface area contributed by atoms with E-state index in [1.807, 2.05) is 0 Å². The molecule has 27 heavy (non-hydrogen) atoms. The number of ether oxygens (including phenoxy) is 4. The molecule has 3 N–H and O–H groups in total. The van der Waals surface area contributed by atoms with Crippen molar-refractivity contribution < 1.29 is 23.7 Å². The molecular formula is C18H22Cl2N2O5. The van der Waals surface area contributed by atoms with Crippen LogP contribution in [-0.4, -0.2) is 34.3 Å². The maximum atomic E-state index is 12.6. The Balaban J connectivity index is 0.00000364. The maximum Gasteiger partial charge on any atom is 0.255 e. The van der Waals surface area contributed by atoms with Gasteiger partial charge in [0.15, 0.2) is 0 Å². The van der Waals surface area contributed by atoms with Crippen LogP contribution in [0.2, 0.25) is 5.02 Å². The number of hydrogen-bond donors (Lipinski definition) is 2. The zero-order chi connectivity index (χ0) is 19.3. The van der Waals surface area contributed by atoms with Gasteiger partial charge in [0.05, 0.1) is 56.8 Å². The number of benzene rings is 2. The summed E-state index contributed by atoms with van der Waals surface area (Å²) in [5, 5.41) is 3.08. The van der Waals surface area contributed by atoms with Crippen molar-refractivity contribution in [2.45, 2.75) is 6.54 Å². The molecule has 0 bridgehead atoms. The molecule has 2 aromatic rings. The van der Waals surface area contributed by atoms with E-state index in [0.717, 1.165) is 0 Å². The van der Waals surface area contributed by atoms with Gasteiger partial charge in [-0.3, -0.25) is 4.79 Å². The maximum absolute atomic E-state index is 12.6. The Kier molecular flexibility index (Phi) is 8.33. The third kappa shape index (κ3) is 5.02. The Hall–Kier alpha value is -2.51. The molecule has 0 radical (unpaired) electrons. The van der Waals surface area contributed by atoms with Crippen molar-refractivity contribution in [1.29, 1.82) is 0 Å². The van der Waals surface area contributed by atoms with Crippen molar-refractivity contribution in [3.8, 4) is 23.0 Å². The minimum Gasteiger partial charge on any atom is -0.496 e. The second kappa shape index (κ2) is 9.99. The molecule has 1 amide bonds. The summed E-state index contributed by atoms with van der Waals surface area (Å²) in [6.45, 7) is 0.167. The van der Waals surface area contributed by atoms with Gasteiger partial charge in [0.1, 0.15) is 23.0 Å². The number of carbonyl (C=O) groups excluding carboxylic acids is 1. The average Bonchev–Trinajstić information content (AvgIpc) is 2.66. The monoisotopic (exact) mass is 416 g/mol. The van der Waals surface area contributed by atoms with Crippen LogP contribution < -0.4 is 30.0 Å². The van der Waals surface area contributed by atoms with Crippen LogP contribution in [0.25, 0.3) is 0 Å². The average molecular weight is 417 g/mol. The lowest BCUT2D eigenvalue weighted by atomic mass is 10.1. The second-order valence-corrected chi connectivity index (χ2v) is 5.67. The number of anilines is 1. The molecule has 148 valence electrons. The molecule has 0 aliphatic carbocycles. The summed E-state index contributed by atoms with van der Waals surface area (Å²) in [6.07, 6.45) is 0. The van der Waals surface area contributed by atoms with E-state index in [0.29, 0.717) is 34.2 Å². The molecule has 0 spiro atoms. The van der Waals surface area contributed by atoms with E-state index in [9.17, 15) is 4.79 Å². The standard InChI is InChI=1S/C18H21ClN2O5.ClH/c1-23-10-5-15(24-2)12(16(6-10)25-3)9-21-18(22)11-7-13(19)14(20)8-17(11)26-4;/h5-8H,9,20H2,1-4H3,(H,21,22);1H. The molecule has 0 aliphatic rings. The fourth-order valence-corrected chi connectivity index (χ4v) is 2.60. The molecule has 2 rings (SSSR count). The SMILES string of the molecule is COc1cc(OC)c(CNC(=O)c2cc(Cl)c(N)cc2OC)c(OC)c1.Cl. The number of halogens is 2. The van der Waals surface area contributed by atoms with Gasteiger partial charge in [0.2, 0.25) is 0 Å². The van der Waals surface area contributed by atoms with Gasteiger partial charge in [-0.1, -0.05) is 11.6 Å². The van der Waals surface area contributed by atoms with E-state index in [1.54, 1.807) is 19.2 Å². The van der Waals surface area contributed by atoms with Gasteiger partial charge in [-0.15, -0.1) is 12.4 Å². The third-order valence-electron chi connectivity index (χ3n) is 3.81. The van der Waals surface area contributed by atoms with Gasteiger partial charge in [-0.2, -0.15) is 0 Å². The Morgan fingerprint density at radius 1 is 0.963 bits per heavy atom. The van der Waals surface area contributed by atoms with Crippen LogP contribution in [0.1, 0.15) is 15.9 Å². The van der Waals surface area contributed by atoms with Crippen molar-refractivity contribution in [3.05, 3.63) is 40.4 Å². The summed E-state index contributed by atoms with van der Waals surface area (Å²) in [6, 6.07) is 6.40. The first-order chi connectivity index (χ1) is 12.4. The van der Waals surface area contributed by atoms with Gasteiger partial charge >= 0.3 is 0 Å². The number of hydrogen-bond acceptors (Lipinski definition) is 6. The summed E-state index contributed by atoms with van der Waals surface area (Å²) < 4.78 is 21.2. The third-order valence-corrected chi connectivity index (χ3v) is 4.13. The number of methoxy groups -OCH3 is 4. The van der Waals surface area contributed by atoms with Crippen LogP contribution in [0, 0.1) is 0 Å². The highest BCUT2D eigenvalue weighted by Crippen LogP contribution is 2.34. The topological polar surface area (TPSA) is 92.0 Å². The van der Waals surface area contributed by atoms with Crippen LogP contribution in [-0.2, 0) is 6.54 Å². The lowest BCUT2D eigenvalue weighted by Crippen LogP contribution is -2.24. The lowest BCUT2D eigenvalue weighted by molar-refractivity contribution is 0.0947. The number of amides is 1. The second-order valence-electron chi connectivity index (χ2n) is 5.27. The van der Waals surface area contributed by atoms with Crippen molar-refractivity contribution in [3.63, 3.8) is 0 Å². The number of rotatable bonds is 7. The highest BCUT2D eigenvalue weighted by molar-refractivity contribution is 6.33. The molecule has 9 heteroatoms. The quantitative estimate of drug-likeness (QED) is 0.672. The summed E-state index contributed by atoms with van der Waals surface area (Å²) in [5.74, 6) is 1.61. The molecule has 2 aromatic carbocycles. The first-order valence-electron chi connectivity index (χ1n) is 7.65. The van der Waals surface area contributed by atoms with Crippen molar-refractivity contribution in [2.75, 3.05) is 34.2 Å². The van der Waals surface area contributed by atoms with Crippen LogP contribution >= 0.6 is 24.0 Å². The van der Waals surface area contributed by atoms with Crippen LogP contribution in [0.3, 0.4) is 0 Å². The number of nitrogens with two attached hydrogens (primary N) is 1. The zero-order valence-corrected chi connectivity index (χ0v) is 17.0. The molecule has 0 aromatic heterocycles. The summed E-state index contributed by atoms with van der Waals surface area (Å²) in [4.78, 5) is 12.6. The molecule has 0 atom stereocenters. The molecule has 0 heterocycles. The molecule has 0 saturated heterocycles. The van der Waals surface area contributed by atoms with E-state index in [2.05, 4.69) is 5.32 Å². The number of nitrogens with one attached hydrogen (secondary N) is 1. The van der Waals surface area contributed by atoms with E-state index < -0.39 is 0 Å². The first-order valence-corrected chi connectivity index (χ1v) is 8.03. The summed E-state index contributed by atoms with van der Waals surface area (Å²) in [7, 11) is 6.06. The molecular weight excluding hydrogens is 395 g/mol. The van der Waals surface area contributed by atoms with Crippen LogP contribution in [0.5, 0.6) is 23.0 Å². The van der Waals surface area contributed by atoms with Gasteiger partial charge in [-0.25, -0.2) is 0 Å². The molecule has 0 aliphatic heterocycles. The normalized spacial score (nSPS) is 9.81. The van der Waals surface area contributed by atoms with Gasteiger partial charge in [-0.05, 0) is 6.07 Å². The highest BCUT2D eigenvalue weighted by Gasteiger charge is 2.18. The van der Waals surface area contributed by atoms with E-state index in [-0.39, 0.29) is 35.4 Å². The number of carbonyl (C=O) groups is 1. The predicted molar refractivity (Wildman–Crippen MR) is 107 cm³/mol. The van der Waals surface area contributed by atoms with E-state index in [1.165, 1.54) is 33.5 Å². The fraction of sp³-hybridized carbons (Fsp3) is 0.278. The Morgan fingerprint density at radius 2 is 1.52 bits per heavy atom. The fourth-order valence-electron chi connectivity index (χ4n) is 2.43. The molecule has 0 saturated carbocycles. The van der Waals surface area contributed by atoms with Crippen molar-refractivity contribution >= 4 is 35.6 Å². The Bertz CT molecular complexity index is 790. The lowest BCUT2D eigenvalue weighted by Gasteiger charge is -2.16. The molecule has 0 unspecified atom stereocenters. The molecule has 0 fully saturated rings. The summed E-state index contributed by atoms with van der Waals surface area (Å²) >= 11 is 6.02. The summed E-state index contributed by atoms with van der Waals surface area (Å²) in [5.41, 5.74) is 7.02. The van der Waals surface area contributed by atoms with Gasteiger partial charge < -0.3 is 30.0 Å². The first kappa shape index (κ1) is 22.5. The Morgan fingerprint density at radius 3 is 2.00 bits per heavy atom. The van der Waals surface area contributed by atoms with Crippen molar-refractivity contribution in [2.24, 2.45) is 0 Å². The number of nitrogen functional groups attached to an aromatic ring is 1. The van der Waals surface area contributed by atoms with Gasteiger partial charge in [0, 0.05) is 18.2 Å². The van der Waals surface area contributed by atoms with Crippen LogP contribution in [0.4, 0.5) is 5.69 Å². The largest absolute Gasteiger partial charge is 0.496 e. The smallest absolute Gasteiger partial charge is 0.255 e. The minimum atomic E-state index is -0.372. The highest BCUT2D eigenvalue weighted by atomic mass is 35.5. The predicted octanol–water partition coefficient (Wildman–Crippen LogP) is 3.31. The van der Waals surface area contributed by atoms with E-state index in [4.69, 9.17) is 36.3 Å². The Labute approximate surface area is 169 Å². The minimum absolute atomic E-state index is 0. The van der Waals surface area contributed by atoms with E-state index >= 15 is 0 Å². The van der Waals surface area contributed by atoms with Gasteiger partial charge in [0.25, 0.3) is 5.91 Å².